The first-order chi connectivity index (χ1) is 19.4. The molecule has 0 saturated carbocycles. The number of halogens is 4. The first-order valence-electron chi connectivity index (χ1n) is 13.0. The fourth-order valence-corrected chi connectivity index (χ4v) is 5.27. The maximum atomic E-state index is 14.5. The Hall–Kier alpha value is -2.65. The number of nitrogens with one attached hydrogen (secondary N) is 2. The number of aromatic nitrogens is 1. The number of amides is 1. The first-order valence-corrected chi connectivity index (χ1v) is 14.5. The molecule has 0 saturated heterocycles. The summed E-state index contributed by atoms with van der Waals surface area (Å²) >= 11 is 6.25. The molecule has 3 rings (SSSR count). The summed E-state index contributed by atoms with van der Waals surface area (Å²) in [5, 5.41) is 22.2. The number of alkyl halides is 3. The minimum absolute atomic E-state index is 0.0132. The number of pyridine rings is 1. The number of hydrogen-bond donors (Lipinski definition) is 4. The second-order valence-corrected chi connectivity index (χ2v) is 13.3. The highest BCUT2D eigenvalue weighted by Crippen LogP contribution is 2.47. The quantitative estimate of drug-likeness (QED) is 0.274. The van der Waals surface area contributed by atoms with E-state index in [9.17, 15) is 32.4 Å². The van der Waals surface area contributed by atoms with Crippen LogP contribution in [0.3, 0.4) is 0 Å². The molecule has 1 aromatic carbocycles. The summed E-state index contributed by atoms with van der Waals surface area (Å²) in [5.74, 6) is -0.614. The summed E-state index contributed by atoms with van der Waals surface area (Å²) in [6.45, 7) is 7.02. The van der Waals surface area contributed by atoms with Gasteiger partial charge in [-0.25, -0.2) is 13.9 Å². The number of aliphatic hydroxyl groups is 2. The maximum absolute atomic E-state index is 14.5. The van der Waals surface area contributed by atoms with Crippen molar-refractivity contribution in [3.05, 3.63) is 46.2 Å². The summed E-state index contributed by atoms with van der Waals surface area (Å²) in [7, 11) is -0.322. The van der Waals surface area contributed by atoms with Crippen LogP contribution in [-0.2, 0) is 22.1 Å². The molecular weight excluding hydrogens is 603 g/mol. The molecule has 10 nitrogen and oxygen atoms in total. The van der Waals surface area contributed by atoms with Gasteiger partial charge in [0.25, 0.3) is 5.91 Å². The Balaban J connectivity index is 1.96. The molecule has 2 unspecified atom stereocenters. The molecule has 2 heterocycles. The van der Waals surface area contributed by atoms with Crippen molar-refractivity contribution in [1.82, 2.24) is 15.0 Å². The minimum Gasteiger partial charge on any atom is -0.493 e. The third-order valence-corrected chi connectivity index (χ3v) is 8.61. The molecule has 4 atom stereocenters. The number of fused-ring (bicyclic) bond motifs is 1. The summed E-state index contributed by atoms with van der Waals surface area (Å²) in [5.41, 5.74) is -5.63. The van der Waals surface area contributed by atoms with Crippen LogP contribution in [0.15, 0.2) is 24.3 Å². The highest BCUT2D eigenvalue weighted by Gasteiger charge is 2.57. The van der Waals surface area contributed by atoms with Gasteiger partial charge in [0, 0.05) is 11.1 Å². The van der Waals surface area contributed by atoms with Gasteiger partial charge in [-0.3, -0.25) is 4.79 Å². The lowest BCUT2D eigenvalue weighted by Crippen LogP contribution is -2.52. The zero-order valence-corrected chi connectivity index (χ0v) is 25.6. The smallest absolute Gasteiger partial charge is 0.424 e. The van der Waals surface area contributed by atoms with Crippen LogP contribution < -0.4 is 24.2 Å². The Morgan fingerprint density at radius 1 is 1.26 bits per heavy atom. The number of carbonyl (C=O) groups excluding carboxylic acids is 1. The molecule has 0 spiro atoms. The lowest BCUT2D eigenvalue weighted by atomic mass is 9.88. The summed E-state index contributed by atoms with van der Waals surface area (Å²) in [6, 6.07) is 4.92. The topological polar surface area (TPSA) is 139 Å². The van der Waals surface area contributed by atoms with Crippen LogP contribution in [0, 0.1) is 0 Å². The molecular formula is C27H35ClF3N3O7S. The molecule has 2 aromatic rings. The molecule has 0 radical (unpaired) electrons. The predicted octanol–water partition coefficient (Wildman–Crippen LogP) is 3.73. The molecule has 1 aromatic heterocycles. The van der Waals surface area contributed by atoms with Gasteiger partial charge in [-0.05, 0) is 58.4 Å². The van der Waals surface area contributed by atoms with Crippen LogP contribution in [0.5, 0.6) is 17.2 Å². The molecule has 0 bridgehead atoms. The van der Waals surface area contributed by atoms with Gasteiger partial charge in [0.2, 0.25) is 5.60 Å². The number of aliphatic hydroxyl groups excluding tert-OH is 1. The molecule has 1 aliphatic heterocycles. The molecule has 1 aliphatic rings. The number of rotatable bonds is 11. The van der Waals surface area contributed by atoms with E-state index >= 15 is 0 Å². The number of hydrogen-bond acceptors (Lipinski definition) is 8. The predicted molar refractivity (Wildman–Crippen MR) is 150 cm³/mol. The van der Waals surface area contributed by atoms with Crippen LogP contribution in [0.25, 0.3) is 0 Å². The molecule has 234 valence electrons. The second-order valence-electron chi connectivity index (χ2n) is 10.9. The minimum atomic E-state index is -5.29. The molecule has 15 heteroatoms. The third-order valence-electron chi connectivity index (χ3n) is 6.66. The Kier molecular flexibility index (Phi) is 10.1. The zero-order valence-electron chi connectivity index (χ0n) is 24.0. The van der Waals surface area contributed by atoms with Crippen LogP contribution in [-0.4, -0.2) is 69.2 Å². The van der Waals surface area contributed by atoms with Crippen molar-refractivity contribution >= 4 is 28.5 Å². The van der Waals surface area contributed by atoms with Crippen molar-refractivity contribution in [1.29, 1.82) is 0 Å². The van der Waals surface area contributed by atoms with Crippen molar-refractivity contribution in [3.8, 4) is 17.2 Å². The van der Waals surface area contributed by atoms with Gasteiger partial charge in [0.1, 0.15) is 13.2 Å². The van der Waals surface area contributed by atoms with Crippen molar-refractivity contribution in [3.63, 3.8) is 0 Å². The van der Waals surface area contributed by atoms with Crippen molar-refractivity contribution in [2.24, 2.45) is 0 Å². The fraction of sp³-hybridized carbons (Fsp3) is 0.556. The normalized spacial score (nSPS) is 19.7. The van der Waals surface area contributed by atoms with Crippen molar-refractivity contribution in [2.45, 2.75) is 69.2 Å². The Bertz CT molecular complexity index is 1340. The lowest BCUT2D eigenvalue weighted by molar-refractivity contribution is -0.265. The van der Waals surface area contributed by atoms with Gasteiger partial charge >= 0.3 is 6.18 Å². The van der Waals surface area contributed by atoms with E-state index in [4.69, 9.17) is 25.8 Å². The fourth-order valence-electron chi connectivity index (χ4n) is 4.04. The molecule has 42 heavy (non-hydrogen) atoms. The molecule has 0 aliphatic carbocycles. The number of methoxy groups -OCH3 is 1. The summed E-state index contributed by atoms with van der Waals surface area (Å²) in [6.07, 6.45) is -5.80. The monoisotopic (exact) mass is 637 g/mol. The highest BCUT2D eigenvalue weighted by atomic mass is 35.5. The highest BCUT2D eigenvalue weighted by molar-refractivity contribution is 7.84. The Labute approximate surface area is 249 Å². The van der Waals surface area contributed by atoms with Gasteiger partial charge in [-0.15, -0.1) is 0 Å². The van der Waals surface area contributed by atoms with Crippen molar-refractivity contribution < 1.29 is 46.6 Å². The van der Waals surface area contributed by atoms with Gasteiger partial charge in [0.15, 0.2) is 22.4 Å². The molecule has 1 amide bonds. The number of ether oxygens (including phenoxy) is 3. The molecule has 4 N–H and O–H groups in total. The first kappa shape index (κ1) is 33.8. The van der Waals surface area contributed by atoms with Gasteiger partial charge in [0.05, 0.1) is 46.7 Å². The third kappa shape index (κ3) is 6.94. The van der Waals surface area contributed by atoms with E-state index in [1.54, 1.807) is 27.7 Å². The average molecular weight is 638 g/mol. The lowest BCUT2D eigenvalue weighted by Gasteiger charge is -2.33. The van der Waals surface area contributed by atoms with Gasteiger partial charge in [-0.2, -0.15) is 13.2 Å². The van der Waals surface area contributed by atoms with Gasteiger partial charge in [-0.1, -0.05) is 18.5 Å². The number of nitrogens with zero attached hydrogens (tertiary/aromatic N) is 1. The van der Waals surface area contributed by atoms with Crippen LogP contribution in [0.2, 0.25) is 5.15 Å². The van der Waals surface area contributed by atoms with Crippen molar-refractivity contribution in [2.75, 3.05) is 26.9 Å². The van der Waals surface area contributed by atoms with Crippen LogP contribution >= 0.6 is 11.6 Å². The van der Waals surface area contributed by atoms with E-state index in [1.165, 1.54) is 32.2 Å². The second kappa shape index (κ2) is 12.5. The standard InChI is InChI=1S/C27H35ClF3N3O7S/c1-7-25(34-42(38)24(3,4)5)14-41-21-17(25)11-20(33-22(21)28)26(37,27(29,30)31)13-32-23(36)16-8-9-18(19(10-16)39-6)40-12-15(2)35/h8-11,15,34-35,37H,7,12-14H2,1-6H3,(H,32,36)/t15-,25-,26?,42?/m1/s1. The summed E-state index contributed by atoms with van der Waals surface area (Å²) in [4.78, 5) is 16.7. The molecule has 0 fully saturated rings. The maximum Gasteiger partial charge on any atom is 0.424 e. The van der Waals surface area contributed by atoms with Crippen LogP contribution in [0.1, 0.15) is 62.7 Å². The zero-order chi connectivity index (χ0) is 31.7. The number of benzene rings is 1. The van der Waals surface area contributed by atoms with E-state index in [0.29, 0.717) is 0 Å². The van der Waals surface area contributed by atoms with E-state index in [2.05, 4.69) is 15.0 Å². The summed E-state index contributed by atoms with van der Waals surface area (Å²) < 4.78 is 74.8. The SMILES string of the molecule is CC[C@@]1(NS(=O)C(C)(C)C)COc2c1cc(C(O)(CNC(=O)c1ccc(OC[C@@H](C)O)c(OC)c1)C(F)(F)F)nc2Cl. The van der Waals surface area contributed by atoms with Gasteiger partial charge < -0.3 is 29.7 Å². The van der Waals surface area contributed by atoms with E-state index < -0.39 is 62.5 Å². The number of carbonyl (C=O) groups is 1. The largest absolute Gasteiger partial charge is 0.493 e. The van der Waals surface area contributed by atoms with Crippen LogP contribution in [0.4, 0.5) is 13.2 Å². The average Bonchev–Trinajstić information content (AvgIpc) is 3.27. The Morgan fingerprint density at radius 3 is 2.48 bits per heavy atom. The van der Waals surface area contributed by atoms with E-state index in [0.717, 1.165) is 6.07 Å². The van der Waals surface area contributed by atoms with E-state index in [-0.39, 0.29) is 48.0 Å². The van der Waals surface area contributed by atoms with E-state index in [1.807, 2.05) is 0 Å². The Morgan fingerprint density at radius 2 is 1.93 bits per heavy atom.